The minimum absolute atomic E-state index is 0.639. The Labute approximate surface area is 71.9 Å². The van der Waals surface area contributed by atoms with Crippen molar-refractivity contribution in [1.29, 1.82) is 0 Å². The monoisotopic (exact) mass is 220 g/mol. The van der Waals surface area contributed by atoms with Crippen LogP contribution in [0.5, 0.6) is 0 Å². The van der Waals surface area contributed by atoms with Crippen molar-refractivity contribution in [1.82, 2.24) is 0 Å². The summed E-state index contributed by atoms with van der Waals surface area (Å²) in [5.41, 5.74) is 0. The lowest BCUT2D eigenvalue weighted by molar-refractivity contribution is 1.10. The van der Waals surface area contributed by atoms with Gasteiger partial charge in [0.15, 0.2) is 0 Å². The maximum Gasteiger partial charge on any atom is -0.00655 e. The fraction of sp³-hybridized carbons (Fsp3) is 0.500. The zero-order valence-corrected chi connectivity index (χ0v) is 8.83. The molecule has 0 saturated heterocycles. The van der Waals surface area contributed by atoms with Gasteiger partial charge in [-0.05, 0) is 44.2 Å². The maximum absolute atomic E-state index is 3.80. The first-order valence-electron chi connectivity index (χ1n) is 3.55. The fourth-order valence-electron chi connectivity index (χ4n) is 1.05. The number of allylic oxidation sites excluding steroid dienone is 3. The highest BCUT2D eigenvalue weighted by molar-refractivity contribution is 9.59. The van der Waals surface area contributed by atoms with Crippen LogP contribution in [0.1, 0.15) is 20.3 Å². The molecule has 1 atom stereocenters. The molecule has 0 amide bonds. The van der Waals surface area contributed by atoms with Crippen LogP contribution in [0.2, 0.25) is 0 Å². The summed E-state index contributed by atoms with van der Waals surface area (Å²) < 4.78 is 0. The molecule has 1 aliphatic heterocycles. The molecule has 0 bridgehead atoms. The number of hydrogen-bond acceptors (Lipinski definition) is 0. The molecule has 0 N–H and O–H groups in total. The molecule has 0 spiro atoms. The highest BCUT2D eigenvalue weighted by Crippen LogP contribution is 2.65. The van der Waals surface area contributed by atoms with Crippen molar-refractivity contribution in [2.24, 2.45) is 0 Å². The number of hydrogen-bond donors (Lipinski definition) is 0. The summed E-state index contributed by atoms with van der Waals surface area (Å²) >= 11 is 3.80. The van der Waals surface area contributed by atoms with Crippen LogP contribution < -0.4 is 0 Å². The molecule has 1 heterocycles. The van der Waals surface area contributed by atoms with Crippen molar-refractivity contribution in [3.8, 4) is 0 Å². The van der Waals surface area contributed by atoms with E-state index in [2.05, 4.69) is 46.2 Å². The van der Waals surface area contributed by atoms with Crippen LogP contribution in [0, 0.1) is 0 Å². The van der Waals surface area contributed by atoms with Gasteiger partial charge in [0.2, 0.25) is 0 Å². The zero-order chi connectivity index (χ0) is 7.61. The molecule has 10 heavy (non-hydrogen) atoms. The summed E-state index contributed by atoms with van der Waals surface area (Å²) in [7, 11) is -0.639. The first-order chi connectivity index (χ1) is 4.69. The Morgan fingerprint density at radius 3 is 2.70 bits per heavy atom. The summed E-state index contributed by atoms with van der Waals surface area (Å²) in [6.07, 6.45) is 5.63. The van der Waals surface area contributed by atoms with Crippen molar-refractivity contribution in [3.63, 3.8) is 0 Å². The number of halogens is 1. The van der Waals surface area contributed by atoms with E-state index in [1.807, 2.05) is 0 Å². The van der Waals surface area contributed by atoms with Crippen molar-refractivity contribution in [3.05, 3.63) is 22.5 Å². The molecule has 0 aromatic rings. The first kappa shape index (κ1) is 8.41. The zero-order valence-electron chi connectivity index (χ0n) is 6.43. The van der Waals surface area contributed by atoms with Gasteiger partial charge in [-0.1, -0.05) is 19.1 Å². The van der Waals surface area contributed by atoms with Crippen molar-refractivity contribution in [2.75, 3.05) is 5.75 Å². The van der Waals surface area contributed by atoms with Crippen LogP contribution in [-0.4, -0.2) is 5.75 Å². The lowest BCUT2D eigenvalue weighted by Gasteiger charge is -2.27. The molecule has 0 aromatic heterocycles. The average Bonchev–Trinajstić information content (AvgIpc) is 2.15. The van der Waals surface area contributed by atoms with Crippen LogP contribution >= 0.6 is 23.3 Å². The second-order valence-electron chi connectivity index (χ2n) is 2.51. The highest BCUT2D eigenvalue weighted by Gasteiger charge is 2.20. The molecule has 58 valence electrons. The molecule has 0 nitrogen and oxygen atoms in total. The minimum Gasteiger partial charge on any atom is -0.140 e. The van der Waals surface area contributed by atoms with Gasteiger partial charge in [-0.3, -0.25) is 0 Å². The molecule has 1 rings (SSSR count). The van der Waals surface area contributed by atoms with E-state index in [4.69, 9.17) is 0 Å². The van der Waals surface area contributed by atoms with Gasteiger partial charge in [-0.15, -0.1) is 8.46 Å². The summed E-state index contributed by atoms with van der Waals surface area (Å²) in [4.78, 5) is 1.51. The van der Waals surface area contributed by atoms with Gasteiger partial charge in [0.25, 0.3) is 0 Å². The van der Waals surface area contributed by atoms with Crippen LogP contribution in [0.3, 0.4) is 0 Å². The Morgan fingerprint density at radius 1 is 1.60 bits per heavy atom. The van der Waals surface area contributed by atoms with Crippen molar-refractivity contribution >= 4 is 23.3 Å². The molecule has 2 heteroatoms. The Morgan fingerprint density at radius 2 is 2.30 bits per heavy atom. The molecule has 1 unspecified atom stereocenters. The minimum atomic E-state index is -0.639. The molecule has 0 radical (unpaired) electrons. The van der Waals surface area contributed by atoms with E-state index >= 15 is 0 Å². The predicted molar refractivity (Wildman–Crippen MR) is 54.6 cm³/mol. The van der Waals surface area contributed by atoms with Gasteiger partial charge in [0.1, 0.15) is 0 Å². The smallest absolute Gasteiger partial charge is 0.00655 e. The van der Waals surface area contributed by atoms with Gasteiger partial charge in [-0.25, -0.2) is 0 Å². The third kappa shape index (κ3) is 1.48. The van der Waals surface area contributed by atoms with E-state index in [1.165, 1.54) is 17.1 Å². The van der Waals surface area contributed by atoms with E-state index in [9.17, 15) is 0 Å². The van der Waals surface area contributed by atoms with E-state index in [0.29, 0.717) is 0 Å². The quantitative estimate of drug-likeness (QED) is 0.662. The molecule has 0 fully saturated rings. The standard InChI is InChI=1S/C8H13BrS/c1-3-6-10(9)7-4-5-8(10)2/h4-5,7H,3,6H2,1-2H3. The van der Waals surface area contributed by atoms with Crippen LogP contribution in [-0.2, 0) is 0 Å². The maximum atomic E-state index is 3.80. The van der Waals surface area contributed by atoms with Crippen molar-refractivity contribution < 1.29 is 0 Å². The molecule has 0 aromatic carbocycles. The van der Waals surface area contributed by atoms with Gasteiger partial charge < -0.3 is 0 Å². The fourth-order valence-corrected chi connectivity index (χ4v) is 4.61. The van der Waals surface area contributed by atoms with Crippen LogP contribution in [0.4, 0.5) is 0 Å². The third-order valence-electron chi connectivity index (χ3n) is 1.66. The summed E-state index contributed by atoms with van der Waals surface area (Å²) in [5, 5.41) is 2.31. The largest absolute Gasteiger partial charge is 0.140 e. The van der Waals surface area contributed by atoms with Gasteiger partial charge in [0.05, 0.1) is 0 Å². The normalized spacial score (nSPS) is 37.3. The predicted octanol–water partition coefficient (Wildman–Crippen LogP) is 3.94. The van der Waals surface area contributed by atoms with Crippen molar-refractivity contribution in [2.45, 2.75) is 20.3 Å². The molecular formula is C8H13BrS. The van der Waals surface area contributed by atoms with E-state index in [0.717, 1.165) is 0 Å². The molecule has 0 saturated carbocycles. The van der Waals surface area contributed by atoms with E-state index < -0.39 is 8.46 Å². The van der Waals surface area contributed by atoms with E-state index in [1.54, 1.807) is 0 Å². The average molecular weight is 221 g/mol. The molecule has 0 aliphatic carbocycles. The van der Waals surface area contributed by atoms with Gasteiger partial charge >= 0.3 is 0 Å². The van der Waals surface area contributed by atoms with Gasteiger partial charge in [-0.2, -0.15) is 0 Å². The van der Waals surface area contributed by atoms with Crippen LogP contribution in [0.15, 0.2) is 22.5 Å². The van der Waals surface area contributed by atoms with E-state index in [-0.39, 0.29) is 0 Å². The SMILES string of the molecule is CCCS1(Br)C=CC=C1C. The Balaban J connectivity index is 2.69. The molecule has 1 aliphatic rings. The Kier molecular flexibility index (Phi) is 2.64. The summed E-state index contributed by atoms with van der Waals surface area (Å²) in [6.45, 7) is 4.44. The van der Waals surface area contributed by atoms with Crippen LogP contribution in [0.25, 0.3) is 0 Å². The summed E-state index contributed by atoms with van der Waals surface area (Å²) in [5.74, 6) is 1.28. The lowest BCUT2D eigenvalue weighted by Crippen LogP contribution is -1.90. The van der Waals surface area contributed by atoms with Gasteiger partial charge in [0, 0.05) is 0 Å². The first-order valence-corrected chi connectivity index (χ1v) is 7.25. The Bertz CT molecular complexity index is 184. The lowest BCUT2D eigenvalue weighted by atomic mass is 10.5. The number of rotatable bonds is 2. The topological polar surface area (TPSA) is 0 Å². The molecular weight excluding hydrogens is 208 g/mol. The second-order valence-corrected chi connectivity index (χ2v) is 8.71. The summed E-state index contributed by atoms with van der Waals surface area (Å²) in [6, 6.07) is 0. The highest BCUT2D eigenvalue weighted by atomic mass is 79.9. The Hall–Kier alpha value is 0.310. The second kappa shape index (κ2) is 3.14. The third-order valence-corrected chi connectivity index (χ3v) is 7.61.